The van der Waals surface area contributed by atoms with Gasteiger partial charge in [-0.1, -0.05) is 41.7 Å². The van der Waals surface area contributed by atoms with E-state index in [0.717, 1.165) is 5.56 Å². The van der Waals surface area contributed by atoms with Crippen LogP contribution in [0.4, 0.5) is 0 Å². The molecule has 2 aromatic carbocycles. The van der Waals surface area contributed by atoms with Crippen molar-refractivity contribution in [2.45, 2.75) is 19.6 Å². The quantitative estimate of drug-likeness (QED) is 0.493. The van der Waals surface area contributed by atoms with Gasteiger partial charge in [0, 0.05) is 19.6 Å². The first kappa shape index (κ1) is 11.2. The van der Waals surface area contributed by atoms with E-state index in [2.05, 4.69) is 47.4 Å². The number of benzene rings is 2. The number of aromatic nitrogens is 1. The van der Waals surface area contributed by atoms with E-state index < -0.39 is 0 Å². The summed E-state index contributed by atoms with van der Waals surface area (Å²) in [4.78, 5) is 9.36. The van der Waals surface area contributed by atoms with Crippen molar-refractivity contribution in [1.82, 2.24) is 4.98 Å². The molecule has 0 aliphatic carbocycles. The minimum Gasteiger partial charge on any atom is -0.444 e. The summed E-state index contributed by atoms with van der Waals surface area (Å²) >= 11 is 3.59. The summed E-state index contributed by atoms with van der Waals surface area (Å²) in [7, 11) is 0. The zero-order valence-electron chi connectivity index (χ0n) is 9.87. The van der Waals surface area contributed by atoms with Crippen LogP contribution in [0.2, 0.25) is 0 Å². The van der Waals surface area contributed by atoms with Gasteiger partial charge in [-0.3, -0.25) is 0 Å². The van der Waals surface area contributed by atoms with E-state index in [9.17, 15) is 0 Å². The Kier molecular flexibility index (Phi) is 2.64. The minimum atomic E-state index is 0.685. The number of rotatable bonds is 1. The third-order valence-corrected chi connectivity index (χ3v) is 5.54. The summed E-state index contributed by atoms with van der Waals surface area (Å²) in [6.07, 6.45) is 3.30. The van der Waals surface area contributed by atoms with Crippen molar-refractivity contribution in [3.63, 3.8) is 0 Å². The highest BCUT2D eigenvalue weighted by Crippen LogP contribution is 2.51. The van der Waals surface area contributed by atoms with Crippen molar-refractivity contribution in [3.05, 3.63) is 54.9 Å². The molecule has 0 N–H and O–H groups in total. The number of nitrogens with zero attached hydrogens (tertiary/aromatic N) is 1. The first-order chi connectivity index (χ1) is 9.42. The maximum atomic E-state index is 5.44. The van der Waals surface area contributed by atoms with Crippen LogP contribution in [-0.2, 0) is 0 Å². The number of hydrogen-bond donors (Lipinski definition) is 0. The molecule has 1 aliphatic heterocycles. The van der Waals surface area contributed by atoms with Crippen molar-refractivity contribution in [3.8, 4) is 11.5 Å². The third-order valence-electron chi connectivity index (χ3n) is 2.92. The van der Waals surface area contributed by atoms with E-state index in [0.29, 0.717) is 5.89 Å². The fourth-order valence-electron chi connectivity index (χ4n) is 2.07. The molecule has 92 valence electrons. The van der Waals surface area contributed by atoms with Gasteiger partial charge in [-0.05, 0) is 24.3 Å². The molecule has 0 amide bonds. The van der Waals surface area contributed by atoms with E-state index in [1.54, 1.807) is 36.0 Å². The van der Waals surface area contributed by atoms with Crippen molar-refractivity contribution >= 4 is 23.5 Å². The van der Waals surface area contributed by atoms with Crippen LogP contribution in [0, 0.1) is 0 Å². The normalized spacial score (nSPS) is 12.8. The standard InChI is InChI=1S/C15H9NOS2/c1-2-6-12-11(5-1)18-13-7-3-4-10(14(13)19-12)15-16-8-9-17-15/h1-9H. The summed E-state index contributed by atoms with van der Waals surface area (Å²) in [5.41, 5.74) is 1.06. The molecule has 1 aliphatic rings. The summed E-state index contributed by atoms with van der Waals surface area (Å²) in [6, 6.07) is 14.7. The van der Waals surface area contributed by atoms with Crippen LogP contribution in [0.1, 0.15) is 0 Å². The minimum absolute atomic E-state index is 0.685. The van der Waals surface area contributed by atoms with Crippen molar-refractivity contribution in [1.29, 1.82) is 0 Å². The number of oxazole rings is 1. The highest BCUT2D eigenvalue weighted by molar-refractivity contribution is 8.05. The molecular weight excluding hydrogens is 274 g/mol. The Hall–Kier alpha value is -1.65. The largest absolute Gasteiger partial charge is 0.444 e. The Labute approximate surface area is 119 Å². The molecule has 0 unspecified atom stereocenters. The summed E-state index contributed by atoms with van der Waals surface area (Å²) in [6.45, 7) is 0. The van der Waals surface area contributed by atoms with Crippen molar-refractivity contribution in [2.75, 3.05) is 0 Å². The van der Waals surface area contributed by atoms with Gasteiger partial charge in [-0.15, -0.1) is 0 Å². The van der Waals surface area contributed by atoms with Gasteiger partial charge in [0.1, 0.15) is 6.26 Å². The maximum Gasteiger partial charge on any atom is 0.227 e. The second-order valence-corrected chi connectivity index (χ2v) is 6.26. The first-order valence-corrected chi connectivity index (χ1v) is 7.53. The average Bonchev–Trinajstić information content (AvgIpc) is 2.98. The number of fused-ring (bicyclic) bond motifs is 2. The Bertz CT molecular complexity index is 738. The van der Waals surface area contributed by atoms with Crippen LogP contribution in [0.5, 0.6) is 0 Å². The fourth-order valence-corrected chi connectivity index (χ4v) is 4.44. The molecule has 0 bridgehead atoms. The molecule has 2 nitrogen and oxygen atoms in total. The lowest BCUT2D eigenvalue weighted by Crippen LogP contribution is -1.92. The molecule has 0 saturated heterocycles. The highest BCUT2D eigenvalue weighted by Gasteiger charge is 2.21. The van der Waals surface area contributed by atoms with Crippen LogP contribution in [-0.4, -0.2) is 4.98 Å². The molecule has 0 spiro atoms. The smallest absolute Gasteiger partial charge is 0.227 e. The predicted octanol–water partition coefficient (Wildman–Crippen LogP) is 4.96. The Morgan fingerprint density at radius 3 is 2.42 bits per heavy atom. The zero-order valence-corrected chi connectivity index (χ0v) is 11.5. The second-order valence-electron chi connectivity index (χ2n) is 4.12. The molecule has 2 heterocycles. The van der Waals surface area contributed by atoms with E-state index in [1.165, 1.54) is 19.6 Å². The van der Waals surface area contributed by atoms with Gasteiger partial charge in [0.15, 0.2) is 0 Å². The summed E-state index contributed by atoms with van der Waals surface area (Å²) < 4.78 is 5.44. The summed E-state index contributed by atoms with van der Waals surface area (Å²) in [5.74, 6) is 0.685. The molecule has 0 fully saturated rings. The topological polar surface area (TPSA) is 26.0 Å². The Morgan fingerprint density at radius 1 is 0.842 bits per heavy atom. The van der Waals surface area contributed by atoms with Crippen molar-refractivity contribution in [2.24, 2.45) is 0 Å². The molecule has 4 rings (SSSR count). The predicted molar refractivity (Wildman–Crippen MR) is 76.6 cm³/mol. The van der Waals surface area contributed by atoms with Crippen LogP contribution in [0.3, 0.4) is 0 Å². The maximum absolute atomic E-state index is 5.44. The second kappa shape index (κ2) is 4.47. The fraction of sp³-hybridized carbons (Fsp3) is 0. The van der Waals surface area contributed by atoms with Gasteiger partial charge in [0.2, 0.25) is 5.89 Å². The van der Waals surface area contributed by atoms with Gasteiger partial charge in [0.05, 0.1) is 11.8 Å². The highest BCUT2D eigenvalue weighted by atomic mass is 32.2. The van der Waals surface area contributed by atoms with Gasteiger partial charge < -0.3 is 4.42 Å². The average molecular weight is 283 g/mol. The van der Waals surface area contributed by atoms with Gasteiger partial charge >= 0.3 is 0 Å². The molecule has 0 saturated carbocycles. The number of hydrogen-bond acceptors (Lipinski definition) is 4. The van der Waals surface area contributed by atoms with E-state index in [1.807, 2.05) is 0 Å². The summed E-state index contributed by atoms with van der Waals surface area (Å²) in [5, 5.41) is 0. The van der Waals surface area contributed by atoms with Crippen LogP contribution < -0.4 is 0 Å². The van der Waals surface area contributed by atoms with Crippen LogP contribution in [0.25, 0.3) is 11.5 Å². The molecule has 4 heteroatoms. The molecular formula is C15H9NOS2. The van der Waals surface area contributed by atoms with E-state index in [4.69, 9.17) is 4.42 Å². The van der Waals surface area contributed by atoms with Crippen LogP contribution in [0.15, 0.2) is 78.9 Å². The molecule has 1 aromatic heterocycles. The van der Waals surface area contributed by atoms with Gasteiger partial charge in [-0.2, -0.15) is 0 Å². The van der Waals surface area contributed by atoms with E-state index in [-0.39, 0.29) is 0 Å². The Morgan fingerprint density at radius 2 is 1.63 bits per heavy atom. The van der Waals surface area contributed by atoms with Gasteiger partial charge in [0.25, 0.3) is 0 Å². The van der Waals surface area contributed by atoms with Gasteiger partial charge in [-0.25, -0.2) is 4.98 Å². The zero-order chi connectivity index (χ0) is 12.7. The third kappa shape index (κ3) is 1.88. The lowest BCUT2D eigenvalue weighted by atomic mass is 10.2. The molecule has 0 atom stereocenters. The van der Waals surface area contributed by atoms with E-state index >= 15 is 0 Å². The molecule has 3 aromatic rings. The first-order valence-electron chi connectivity index (χ1n) is 5.89. The molecule has 19 heavy (non-hydrogen) atoms. The molecule has 0 radical (unpaired) electrons. The van der Waals surface area contributed by atoms with Crippen molar-refractivity contribution < 1.29 is 4.42 Å². The lowest BCUT2D eigenvalue weighted by Gasteiger charge is -2.19. The SMILES string of the molecule is c1ccc2c(c1)Sc1cccc(-c3ncco3)c1S2. The van der Waals surface area contributed by atoms with Crippen LogP contribution >= 0.6 is 23.5 Å². The lowest BCUT2D eigenvalue weighted by molar-refractivity contribution is 0.572. The Balaban J connectivity index is 1.88. The monoisotopic (exact) mass is 283 g/mol.